The second-order valence-electron chi connectivity index (χ2n) is 4.23. The molecule has 0 amide bonds. The summed E-state index contributed by atoms with van der Waals surface area (Å²) in [7, 11) is 2.07. The molecule has 2 unspecified atom stereocenters. The molecule has 1 fully saturated rings. The minimum atomic E-state index is 0.709. The van der Waals surface area contributed by atoms with Crippen LogP contribution in [-0.2, 0) is 0 Å². The average Bonchev–Trinajstić information content (AvgIpc) is 2.05. The van der Waals surface area contributed by atoms with Gasteiger partial charge in [-0.1, -0.05) is 19.1 Å². The van der Waals surface area contributed by atoms with Gasteiger partial charge >= 0.3 is 0 Å². The van der Waals surface area contributed by atoms with E-state index < -0.39 is 0 Å². The van der Waals surface area contributed by atoms with Gasteiger partial charge in [-0.2, -0.15) is 0 Å². The maximum absolute atomic E-state index is 4.04. The van der Waals surface area contributed by atoms with Crippen LogP contribution in [0, 0.1) is 11.8 Å². The summed E-state index contributed by atoms with van der Waals surface area (Å²) in [5, 5.41) is 3.40. The van der Waals surface area contributed by atoms with Crippen molar-refractivity contribution in [3.05, 3.63) is 12.2 Å². The Balaban J connectivity index is 2.49. The van der Waals surface area contributed by atoms with Gasteiger partial charge in [0.15, 0.2) is 0 Å². The van der Waals surface area contributed by atoms with Gasteiger partial charge in [-0.3, -0.25) is 0 Å². The third-order valence-corrected chi connectivity index (χ3v) is 3.26. The molecule has 1 saturated carbocycles. The Morgan fingerprint density at radius 3 is 2.58 bits per heavy atom. The van der Waals surface area contributed by atoms with E-state index in [9.17, 15) is 0 Å². The summed E-state index contributed by atoms with van der Waals surface area (Å²) in [4.78, 5) is 0. The number of hydrogen-bond acceptors (Lipinski definition) is 1. The first-order valence-corrected chi connectivity index (χ1v) is 4.97. The fraction of sp³-hybridized carbons (Fsp3) is 0.818. The van der Waals surface area contributed by atoms with Gasteiger partial charge in [0, 0.05) is 6.04 Å². The molecule has 0 heterocycles. The first kappa shape index (κ1) is 9.79. The molecule has 0 spiro atoms. The second-order valence-corrected chi connectivity index (χ2v) is 4.23. The van der Waals surface area contributed by atoms with E-state index in [1.54, 1.807) is 0 Å². The molecule has 0 aromatic rings. The van der Waals surface area contributed by atoms with Gasteiger partial charge < -0.3 is 5.32 Å². The number of hydrogen-bond donors (Lipinski definition) is 1. The van der Waals surface area contributed by atoms with E-state index in [0.717, 1.165) is 11.8 Å². The van der Waals surface area contributed by atoms with Crippen LogP contribution in [0.25, 0.3) is 0 Å². The summed E-state index contributed by atoms with van der Waals surface area (Å²) in [6.07, 6.45) is 3.98. The van der Waals surface area contributed by atoms with E-state index >= 15 is 0 Å². The number of nitrogens with one attached hydrogen (secondary N) is 1. The average molecular weight is 167 g/mol. The smallest absolute Gasteiger partial charge is 0.00953 e. The maximum Gasteiger partial charge on any atom is 0.00953 e. The molecule has 1 N–H and O–H groups in total. The zero-order chi connectivity index (χ0) is 9.14. The minimum absolute atomic E-state index is 0.709. The Morgan fingerprint density at radius 2 is 2.08 bits per heavy atom. The zero-order valence-corrected chi connectivity index (χ0v) is 8.56. The van der Waals surface area contributed by atoms with Gasteiger partial charge in [-0.25, -0.2) is 0 Å². The Labute approximate surface area is 76.2 Å². The highest BCUT2D eigenvalue weighted by Crippen LogP contribution is 2.32. The molecule has 0 aliphatic heterocycles. The Kier molecular flexibility index (Phi) is 3.33. The molecular weight excluding hydrogens is 146 g/mol. The molecule has 12 heavy (non-hydrogen) atoms. The number of allylic oxidation sites excluding steroid dienone is 1. The van der Waals surface area contributed by atoms with Gasteiger partial charge in [0.05, 0.1) is 0 Å². The van der Waals surface area contributed by atoms with Crippen LogP contribution in [0.3, 0.4) is 0 Å². The highest BCUT2D eigenvalue weighted by molar-refractivity contribution is 5.00. The molecule has 3 atom stereocenters. The zero-order valence-electron chi connectivity index (χ0n) is 8.56. The summed E-state index contributed by atoms with van der Waals surface area (Å²) in [5.74, 6) is 1.60. The molecule has 0 radical (unpaired) electrons. The third-order valence-electron chi connectivity index (χ3n) is 3.26. The summed E-state index contributed by atoms with van der Waals surface area (Å²) in [5.41, 5.74) is 1.36. The molecular formula is C11H21N. The molecule has 1 heteroatoms. The van der Waals surface area contributed by atoms with Crippen molar-refractivity contribution in [1.82, 2.24) is 5.32 Å². The first-order chi connectivity index (χ1) is 5.65. The van der Waals surface area contributed by atoms with Crippen molar-refractivity contribution >= 4 is 0 Å². The van der Waals surface area contributed by atoms with Gasteiger partial charge in [0.2, 0.25) is 0 Å². The SMILES string of the molecule is C=C(C)[C@@H]1CCC(C)C(NC)C1. The van der Waals surface area contributed by atoms with E-state index in [2.05, 4.69) is 32.8 Å². The maximum atomic E-state index is 4.04. The molecule has 1 aliphatic carbocycles. The fourth-order valence-electron chi connectivity index (χ4n) is 2.17. The normalized spacial score (nSPS) is 36.4. The third kappa shape index (κ3) is 2.10. The van der Waals surface area contributed by atoms with Crippen molar-refractivity contribution in [2.24, 2.45) is 11.8 Å². The summed E-state index contributed by atoms with van der Waals surface area (Å²) in [6.45, 7) is 8.55. The number of rotatable bonds is 2. The molecule has 0 saturated heterocycles. The lowest BCUT2D eigenvalue weighted by Gasteiger charge is -2.34. The molecule has 1 nitrogen and oxygen atoms in total. The van der Waals surface area contributed by atoms with Gasteiger partial charge in [0.1, 0.15) is 0 Å². The monoisotopic (exact) mass is 167 g/mol. The molecule has 0 aromatic carbocycles. The van der Waals surface area contributed by atoms with Crippen LogP contribution < -0.4 is 5.32 Å². The van der Waals surface area contributed by atoms with Crippen molar-refractivity contribution in [1.29, 1.82) is 0 Å². The Hall–Kier alpha value is -0.300. The van der Waals surface area contributed by atoms with E-state index in [-0.39, 0.29) is 0 Å². The largest absolute Gasteiger partial charge is 0.317 e. The molecule has 0 bridgehead atoms. The van der Waals surface area contributed by atoms with Gasteiger partial charge in [0.25, 0.3) is 0 Å². The van der Waals surface area contributed by atoms with Crippen LogP contribution in [0.5, 0.6) is 0 Å². The topological polar surface area (TPSA) is 12.0 Å². The second kappa shape index (κ2) is 4.08. The van der Waals surface area contributed by atoms with Crippen LogP contribution in [0.15, 0.2) is 12.2 Å². The lowest BCUT2D eigenvalue weighted by molar-refractivity contribution is 0.248. The Morgan fingerprint density at radius 1 is 1.42 bits per heavy atom. The molecule has 70 valence electrons. The van der Waals surface area contributed by atoms with Crippen molar-refractivity contribution in [3.8, 4) is 0 Å². The Bertz CT molecular complexity index is 162. The molecule has 1 aliphatic rings. The summed E-state index contributed by atoms with van der Waals surface area (Å²) in [6, 6.07) is 0.709. The van der Waals surface area contributed by atoms with Crippen LogP contribution in [0.4, 0.5) is 0 Å². The summed E-state index contributed by atoms with van der Waals surface area (Å²) >= 11 is 0. The standard InChI is InChI=1S/C11H21N/c1-8(2)10-6-5-9(3)11(7-10)12-4/h9-12H,1,5-7H2,2-4H3/t9?,10-,11?/m1/s1. The highest BCUT2D eigenvalue weighted by Gasteiger charge is 2.26. The lowest BCUT2D eigenvalue weighted by Crippen LogP contribution is -2.37. The summed E-state index contributed by atoms with van der Waals surface area (Å²) < 4.78 is 0. The first-order valence-electron chi connectivity index (χ1n) is 4.97. The van der Waals surface area contributed by atoms with Crippen LogP contribution >= 0.6 is 0 Å². The van der Waals surface area contributed by atoms with E-state index in [4.69, 9.17) is 0 Å². The lowest BCUT2D eigenvalue weighted by atomic mass is 9.77. The van der Waals surface area contributed by atoms with E-state index in [0.29, 0.717) is 6.04 Å². The van der Waals surface area contributed by atoms with Crippen molar-refractivity contribution in [3.63, 3.8) is 0 Å². The van der Waals surface area contributed by atoms with E-state index in [1.165, 1.54) is 24.8 Å². The quantitative estimate of drug-likeness (QED) is 0.623. The molecule has 1 rings (SSSR count). The van der Waals surface area contributed by atoms with Crippen molar-refractivity contribution in [2.45, 2.75) is 39.2 Å². The fourth-order valence-corrected chi connectivity index (χ4v) is 2.17. The van der Waals surface area contributed by atoms with Crippen LogP contribution in [-0.4, -0.2) is 13.1 Å². The predicted molar refractivity (Wildman–Crippen MR) is 54.2 cm³/mol. The van der Waals surface area contributed by atoms with Crippen molar-refractivity contribution < 1.29 is 0 Å². The van der Waals surface area contributed by atoms with Crippen LogP contribution in [0.1, 0.15) is 33.1 Å². The highest BCUT2D eigenvalue weighted by atomic mass is 14.9. The van der Waals surface area contributed by atoms with Gasteiger partial charge in [-0.05, 0) is 45.1 Å². The molecule has 0 aromatic heterocycles. The van der Waals surface area contributed by atoms with Crippen molar-refractivity contribution in [2.75, 3.05) is 7.05 Å². The van der Waals surface area contributed by atoms with E-state index in [1.807, 2.05) is 0 Å². The predicted octanol–water partition coefficient (Wildman–Crippen LogP) is 2.59. The minimum Gasteiger partial charge on any atom is -0.317 e. The van der Waals surface area contributed by atoms with Crippen LogP contribution in [0.2, 0.25) is 0 Å². The van der Waals surface area contributed by atoms with Gasteiger partial charge in [-0.15, -0.1) is 0 Å².